The van der Waals surface area contributed by atoms with Crippen molar-refractivity contribution in [3.63, 3.8) is 0 Å². The number of nitrogens with zero attached hydrogens (tertiary/aromatic N) is 3. The van der Waals surface area contributed by atoms with E-state index in [2.05, 4.69) is 15.0 Å². The second kappa shape index (κ2) is 4.90. The maximum Gasteiger partial charge on any atom is 0.132 e. The Morgan fingerprint density at radius 3 is 2.56 bits per heavy atom. The molecular formula is C11H11ClN4. The van der Waals surface area contributed by atoms with Crippen LogP contribution in [0.1, 0.15) is 11.4 Å². The highest BCUT2D eigenvalue weighted by molar-refractivity contribution is 6.33. The summed E-state index contributed by atoms with van der Waals surface area (Å²) in [4.78, 5) is 11.9. The summed E-state index contributed by atoms with van der Waals surface area (Å²) in [6, 6.07) is 5.64. The summed E-state index contributed by atoms with van der Waals surface area (Å²) in [6.07, 6.45) is 4.60. The summed E-state index contributed by atoms with van der Waals surface area (Å²) in [6.45, 7) is 0. The van der Waals surface area contributed by atoms with Gasteiger partial charge >= 0.3 is 0 Å². The molecule has 0 bridgehead atoms. The highest BCUT2D eigenvalue weighted by Crippen LogP contribution is 2.20. The van der Waals surface area contributed by atoms with Gasteiger partial charge in [0, 0.05) is 6.42 Å². The zero-order valence-corrected chi connectivity index (χ0v) is 9.35. The van der Waals surface area contributed by atoms with Crippen molar-refractivity contribution in [1.29, 1.82) is 0 Å². The van der Waals surface area contributed by atoms with Crippen molar-refractivity contribution in [1.82, 2.24) is 15.0 Å². The Labute approximate surface area is 98.5 Å². The molecule has 0 radical (unpaired) electrons. The molecule has 5 heteroatoms. The summed E-state index contributed by atoms with van der Waals surface area (Å²) < 4.78 is 0. The minimum Gasteiger partial charge on any atom is -0.398 e. The van der Waals surface area contributed by atoms with Gasteiger partial charge in [-0.15, -0.1) is 0 Å². The zero-order valence-electron chi connectivity index (χ0n) is 8.60. The van der Waals surface area contributed by atoms with E-state index < -0.39 is 0 Å². The van der Waals surface area contributed by atoms with E-state index in [4.69, 9.17) is 17.3 Å². The van der Waals surface area contributed by atoms with Crippen LogP contribution in [0.25, 0.3) is 0 Å². The Morgan fingerprint density at radius 2 is 1.88 bits per heavy atom. The Hall–Kier alpha value is -1.68. The zero-order chi connectivity index (χ0) is 11.4. The topological polar surface area (TPSA) is 64.7 Å². The first kappa shape index (κ1) is 10.8. The van der Waals surface area contributed by atoms with Crippen LogP contribution in [-0.2, 0) is 12.8 Å². The van der Waals surface area contributed by atoms with Crippen LogP contribution < -0.4 is 5.73 Å². The minimum atomic E-state index is 0.587. The number of hydrogen-bond donors (Lipinski definition) is 1. The molecule has 16 heavy (non-hydrogen) atoms. The fourth-order valence-electron chi connectivity index (χ4n) is 1.40. The molecule has 0 amide bonds. The van der Waals surface area contributed by atoms with Crippen LogP contribution in [0.3, 0.4) is 0 Å². The number of anilines is 1. The van der Waals surface area contributed by atoms with Crippen molar-refractivity contribution in [2.75, 3.05) is 5.73 Å². The molecule has 82 valence electrons. The molecule has 1 aromatic heterocycles. The third kappa shape index (κ3) is 2.67. The number of benzene rings is 1. The first-order valence-electron chi connectivity index (χ1n) is 4.90. The van der Waals surface area contributed by atoms with Gasteiger partial charge in [-0.25, -0.2) is 15.0 Å². The summed E-state index contributed by atoms with van der Waals surface area (Å²) in [5, 5.41) is 0.587. The van der Waals surface area contributed by atoms with Crippen molar-refractivity contribution in [2.24, 2.45) is 0 Å². The molecule has 4 nitrogen and oxygen atoms in total. The van der Waals surface area contributed by atoms with Crippen LogP contribution >= 0.6 is 11.6 Å². The highest BCUT2D eigenvalue weighted by atomic mass is 35.5. The van der Waals surface area contributed by atoms with Gasteiger partial charge in [0.1, 0.15) is 18.5 Å². The highest BCUT2D eigenvalue weighted by Gasteiger charge is 2.00. The minimum absolute atomic E-state index is 0.587. The fraction of sp³-hybridized carbons (Fsp3) is 0.182. The van der Waals surface area contributed by atoms with Crippen LogP contribution in [-0.4, -0.2) is 15.0 Å². The van der Waals surface area contributed by atoms with Crippen LogP contribution in [0.5, 0.6) is 0 Å². The van der Waals surface area contributed by atoms with Crippen LogP contribution in [0.4, 0.5) is 5.69 Å². The number of halogens is 1. The lowest BCUT2D eigenvalue weighted by Gasteiger charge is -2.03. The predicted octanol–water partition coefficient (Wildman–Crippen LogP) is 1.89. The lowest BCUT2D eigenvalue weighted by atomic mass is 10.1. The molecule has 0 fully saturated rings. The maximum absolute atomic E-state index is 5.84. The van der Waals surface area contributed by atoms with E-state index >= 15 is 0 Å². The first-order chi connectivity index (χ1) is 7.75. The van der Waals surface area contributed by atoms with Crippen molar-refractivity contribution in [3.8, 4) is 0 Å². The van der Waals surface area contributed by atoms with E-state index in [0.717, 1.165) is 24.2 Å². The molecule has 2 N–H and O–H groups in total. The number of nitrogen functional groups attached to an aromatic ring is 1. The largest absolute Gasteiger partial charge is 0.398 e. The molecule has 2 rings (SSSR count). The number of aryl methyl sites for hydroxylation is 2. The summed E-state index contributed by atoms with van der Waals surface area (Å²) in [7, 11) is 0. The molecule has 0 aliphatic carbocycles. The predicted molar refractivity (Wildman–Crippen MR) is 63.1 cm³/mol. The normalized spacial score (nSPS) is 10.3. The Bertz CT molecular complexity index is 473. The molecule has 0 unspecified atom stereocenters. The van der Waals surface area contributed by atoms with Crippen molar-refractivity contribution < 1.29 is 0 Å². The maximum atomic E-state index is 5.84. The van der Waals surface area contributed by atoms with Gasteiger partial charge in [-0.3, -0.25) is 0 Å². The molecule has 2 aromatic rings. The Kier molecular flexibility index (Phi) is 3.31. The van der Waals surface area contributed by atoms with Gasteiger partial charge in [0.05, 0.1) is 10.7 Å². The number of nitrogens with two attached hydrogens (primary N) is 1. The van der Waals surface area contributed by atoms with Crippen LogP contribution in [0.2, 0.25) is 5.02 Å². The van der Waals surface area contributed by atoms with Crippen LogP contribution in [0.15, 0.2) is 30.9 Å². The monoisotopic (exact) mass is 234 g/mol. The third-order valence-corrected chi connectivity index (χ3v) is 2.59. The third-order valence-electron chi connectivity index (χ3n) is 2.24. The SMILES string of the molecule is Nc1cc(CCc2ncncn2)ccc1Cl. The summed E-state index contributed by atoms with van der Waals surface area (Å²) in [5.41, 5.74) is 7.45. The molecule has 0 saturated carbocycles. The van der Waals surface area contributed by atoms with E-state index in [-0.39, 0.29) is 0 Å². The number of rotatable bonds is 3. The first-order valence-corrected chi connectivity index (χ1v) is 5.28. The molecule has 1 heterocycles. The van der Waals surface area contributed by atoms with E-state index in [1.807, 2.05) is 12.1 Å². The Balaban J connectivity index is 2.03. The number of hydrogen-bond acceptors (Lipinski definition) is 4. The standard InChI is InChI=1S/C11H11ClN4/c12-9-3-1-8(5-10(9)13)2-4-11-15-6-14-7-16-11/h1,3,5-7H,2,4,13H2. The van der Waals surface area contributed by atoms with Gasteiger partial charge in [-0.05, 0) is 24.1 Å². The molecule has 0 atom stereocenters. The second-order valence-electron chi connectivity index (χ2n) is 3.41. The van der Waals surface area contributed by atoms with Crippen molar-refractivity contribution in [3.05, 3.63) is 47.3 Å². The van der Waals surface area contributed by atoms with E-state index in [0.29, 0.717) is 10.7 Å². The fourth-order valence-corrected chi connectivity index (χ4v) is 1.51. The van der Waals surface area contributed by atoms with Gasteiger partial charge in [0.2, 0.25) is 0 Å². The average Bonchev–Trinajstić information content (AvgIpc) is 2.32. The Morgan fingerprint density at radius 1 is 1.12 bits per heavy atom. The quantitative estimate of drug-likeness (QED) is 0.824. The lowest BCUT2D eigenvalue weighted by Crippen LogP contribution is -1.98. The van der Waals surface area contributed by atoms with Gasteiger partial charge in [0.15, 0.2) is 0 Å². The molecular weight excluding hydrogens is 224 g/mol. The van der Waals surface area contributed by atoms with Gasteiger partial charge < -0.3 is 5.73 Å². The average molecular weight is 235 g/mol. The van der Waals surface area contributed by atoms with E-state index in [1.165, 1.54) is 12.7 Å². The van der Waals surface area contributed by atoms with E-state index in [9.17, 15) is 0 Å². The molecule has 0 aliphatic rings. The summed E-state index contributed by atoms with van der Waals surface area (Å²) >= 11 is 5.84. The van der Waals surface area contributed by atoms with Crippen molar-refractivity contribution in [2.45, 2.75) is 12.8 Å². The second-order valence-corrected chi connectivity index (χ2v) is 3.82. The van der Waals surface area contributed by atoms with Gasteiger partial charge in [-0.1, -0.05) is 17.7 Å². The number of aromatic nitrogens is 3. The van der Waals surface area contributed by atoms with Gasteiger partial charge in [0.25, 0.3) is 0 Å². The summed E-state index contributed by atoms with van der Waals surface area (Å²) in [5.74, 6) is 0.781. The lowest BCUT2D eigenvalue weighted by molar-refractivity contribution is 0.835. The van der Waals surface area contributed by atoms with E-state index in [1.54, 1.807) is 6.07 Å². The molecule has 0 spiro atoms. The molecule has 1 aromatic carbocycles. The molecule has 0 saturated heterocycles. The van der Waals surface area contributed by atoms with Crippen LogP contribution in [0, 0.1) is 0 Å². The molecule has 0 aliphatic heterocycles. The van der Waals surface area contributed by atoms with Gasteiger partial charge in [-0.2, -0.15) is 0 Å². The smallest absolute Gasteiger partial charge is 0.132 e. The van der Waals surface area contributed by atoms with Crippen molar-refractivity contribution >= 4 is 17.3 Å².